The maximum atomic E-state index is 11.7. The SMILES string of the molecule is C=CCNc1ccc(N)cc1S(=O)(=O)NC. The Bertz CT molecular complexity index is 483. The molecule has 0 saturated carbocycles. The van der Waals surface area contributed by atoms with Gasteiger partial charge in [-0.15, -0.1) is 6.58 Å². The molecule has 1 aromatic carbocycles. The quantitative estimate of drug-likeness (QED) is 0.525. The molecule has 6 heteroatoms. The Labute approximate surface area is 95.4 Å². The van der Waals surface area contributed by atoms with Crippen LogP contribution in [0.4, 0.5) is 11.4 Å². The molecular weight excluding hydrogens is 226 g/mol. The first-order valence-corrected chi connectivity index (χ1v) is 6.17. The highest BCUT2D eigenvalue weighted by molar-refractivity contribution is 7.89. The van der Waals surface area contributed by atoms with Gasteiger partial charge in [-0.25, -0.2) is 13.1 Å². The van der Waals surface area contributed by atoms with Crippen molar-refractivity contribution in [2.24, 2.45) is 0 Å². The summed E-state index contributed by atoms with van der Waals surface area (Å²) in [5, 5.41) is 2.94. The van der Waals surface area contributed by atoms with Gasteiger partial charge in [-0.05, 0) is 25.2 Å². The van der Waals surface area contributed by atoms with E-state index in [1.54, 1.807) is 18.2 Å². The van der Waals surface area contributed by atoms with E-state index in [4.69, 9.17) is 5.73 Å². The first-order chi connectivity index (χ1) is 7.51. The largest absolute Gasteiger partial charge is 0.399 e. The van der Waals surface area contributed by atoms with Crippen molar-refractivity contribution in [2.45, 2.75) is 4.90 Å². The molecular formula is C10H15N3O2S. The van der Waals surface area contributed by atoms with Crippen molar-refractivity contribution in [3.8, 4) is 0 Å². The lowest BCUT2D eigenvalue weighted by Crippen LogP contribution is -2.20. The molecule has 0 heterocycles. The van der Waals surface area contributed by atoms with Gasteiger partial charge in [0.15, 0.2) is 0 Å². The summed E-state index contributed by atoms with van der Waals surface area (Å²) in [6.45, 7) is 4.04. The van der Waals surface area contributed by atoms with Crippen LogP contribution in [0.2, 0.25) is 0 Å². The summed E-state index contributed by atoms with van der Waals surface area (Å²) in [5.41, 5.74) is 6.47. The van der Waals surface area contributed by atoms with E-state index in [0.717, 1.165) is 0 Å². The van der Waals surface area contributed by atoms with Gasteiger partial charge in [0.1, 0.15) is 4.90 Å². The minimum absolute atomic E-state index is 0.136. The fourth-order valence-corrected chi connectivity index (χ4v) is 2.14. The van der Waals surface area contributed by atoms with Crippen molar-refractivity contribution in [2.75, 3.05) is 24.6 Å². The van der Waals surface area contributed by atoms with Gasteiger partial charge in [-0.1, -0.05) is 6.08 Å². The van der Waals surface area contributed by atoms with Crippen LogP contribution in [0.1, 0.15) is 0 Å². The van der Waals surface area contributed by atoms with Crippen LogP contribution in [0, 0.1) is 0 Å². The molecule has 1 rings (SSSR count). The van der Waals surface area contributed by atoms with Crippen LogP contribution in [0.25, 0.3) is 0 Å². The number of rotatable bonds is 5. The van der Waals surface area contributed by atoms with Crippen molar-refractivity contribution in [3.63, 3.8) is 0 Å². The van der Waals surface area contributed by atoms with Gasteiger partial charge >= 0.3 is 0 Å². The Morgan fingerprint density at radius 2 is 2.19 bits per heavy atom. The van der Waals surface area contributed by atoms with Gasteiger partial charge in [0, 0.05) is 12.2 Å². The van der Waals surface area contributed by atoms with Crippen LogP contribution in [0.3, 0.4) is 0 Å². The first kappa shape index (κ1) is 12.5. The summed E-state index contributed by atoms with van der Waals surface area (Å²) in [7, 11) is -2.15. The average Bonchev–Trinajstić information content (AvgIpc) is 2.27. The Morgan fingerprint density at radius 3 is 2.75 bits per heavy atom. The summed E-state index contributed by atoms with van der Waals surface area (Å²) in [6.07, 6.45) is 1.64. The van der Waals surface area contributed by atoms with E-state index < -0.39 is 10.0 Å². The zero-order chi connectivity index (χ0) is 12.2. The second-order valence-corrected chi connectivity index (χ2v) is 4.99. The van der Waals surface area contributed by atoms with Crippen molar-refractivity contribution in [1.82, 2.24) is 4.72 Å². The van der Waals surface area contributed by atoms with Crippen LogP contribution >= 0.6 is 0 Å². The van der Waals surface area contributed by atoms with Crippen LogP contribution in [0.15, 0.2) is 35.7 Å². The van der Waals surface area contributed by atoms with Gasteiger partial charge in [0.25, 0.3) is 0 Å². The Balaban J connectivity index is 3.23. The van der Waals surface area contributed by atoms with E-state index in [-0.39, 0.29) is 4.90 Å². The number of nitrogens with two attached hydrogens (primary N) is 1. The third kappa shape index (κ3) is 2.74. The monoisotopic (exact) mass is 241 g/mol. The zero-order valence-electron chi connectivity index (χ0n) is 9.03. The maximum Gasteiger partial charge on any atom is 0.242 e. The zero-order valence-corrected chi connectivity index (χ0v) is 9.84. The van der Waals surface area contributed by atoms with Crippen LogP contribution < -0.4 is 15.8 Å². The van der Waals surface area contributed by atoms with Gasteiger partial charge in [0.2, 0.25) is 10.0 Å². The lowest BCUT2D eigenvalue weighted by atomic mass is 10.3. The lowest BCUT2D eigenvalue weighted by molar-refractivity contribution is 0.588. The second kappa shape index (κ2) is 5.00. The van der Waals surface area contributed by atoms with Gasteiger partial charge in [-0.2, -0.15) is 0 Å². The topological polar surface area (TPSA) is 84.2 Å². The van der Waals surface area contributed by atoms with E-state index in [2.05, 4.69) is 16.6 Å². The van der Waals surface area contributed by atoms with E-state index in [1.165, 1.54) is 13.1 Å². The fourth-order valence-electron chi connectivity index (χ4n) is 1.20. The van der Waals surface area contributed by atoms with E-state index in [9.17, 15) is 8.42 Å². The Morgan fingerprint density at radius 1 is 1.50 bits per heavy atom. The standard InChI is InChI=1S/C10H15N3O2S/c1-3-6-13-9-5-4-8(11)7-10(9)16(14,15)12-2/h3-5,7,12-13H,1,6,11H2,2H3. The number of sulfonamides is 1. The summed E-state index contributed by atoms with van der Waals surface area (Å²) in [6, 6.07) is 4.68. The summed E-state index contributed by atoms with van der Waals surface area (Å²) >= 11 is 0. The molecule has 0 amide bonds. The second-order valence-electron chi connectivity index (χ2n) is 3.13. The first-order valence-electron chi connectivity index (χ1n) is 4.69. The maximum absolute atomic E-state index is 11.7. The number of hydrogen-bond donors (Lipinski definition) is 3. The number of nitrogens with one attached hydrogen (secondary N) is 2. The molecule has 16 heavy (non-hydrogen) atoms. The van der Waals surface area contributed by atoms with Crippen molar-refractivity contribution in [3.05, 3.63) is 30.9 Å². The minimum atomic E-state index is -3.51. The average molecular weight is 241 g/mol. The highest BCUT2D eigenvalue weighted by Crippen LogP contribution is 2.23. The van der Waals surface area contributed by atoms with Gasteiger partial charge in [0.05, 0.1) is 5.69 Å². The Kier molecular flexibility index (Phi) is 3.92. The molecule has 0 unspecified atom stereocenters. The molecule has 0 spiro atoms. The minimum Gasteiger partial charge on any atom is -0.399 e. The molecule has 0 fully saturated rings. The molecule has 5 nitrogen and oxygen atoms in total. The highest BCUT2D eigenvalue weighted by Gasteiger charge is 2.16. The molecule has 0 atom stereocenters. The normalized spacial score (nSPS) is 11.1. The number of benzene rings is 1. The number of hydrogen-bond acceptors (Lipinski definition) is 4. The number of nitrogen functional groups attached to an aromatic ring is 1. The van der Waals surface area contributed by atoms with Crippen molar-refractivity contribution < 1.29 is 8.42 Å². The fraction of sp³-hybridized carbons (Fsp3) is 0.200. The van der Waals surface area contributed by atoms with Crippen LogP contribution in [0.5, 0.6) is 0 Å². The predicted molar refractivity (Wildman–Crippen MR) is 65.8 cm³/mol. The smallest absolute Gasteiger partial charge is 0.242 e. The highest BCUT2D eigenvalue weighted by atomic mass is 32.2. The van der Waals surface area contributed by atoms with Crippen molar-refractivity contribution >= 4 is 21.4 Å². The predicted octanol–water partition coefficient (Wildman–Crippen LogP) is 0.775. The van der Waals surface area contributed by atoms with Crippen molar-refractivity contribution in [1.29, 1.82) is 0 Å². The third-order valence-electron chi connectivity index (χ3n) is 2.00. The van der Waals surface area contributed by atoms with Gasteiger partial charge in [-0.3, -0.25) is 0 Å². The molecule has 0 radical (unpaired) electrons. The van der Waals surface area contributed by atoms with Gasteiger partial charge < -0.3 is 11.1 Å². The molecule has 0 aliphatic rings. The molecule has 0 aromatic heterocycles. The summed E-state index contributed by atoms with van der Waals surface area (Å²) < 4.78 is 25.7. The molecule has 4 N–H and O–H groups in total. The Hall–Kier alpha value is -1.53. The molecule has 1 aromatic rings. The third-order valence-corrected chi connectivity index (χ3v) is 3.46. The summed E-state index contributed by atoms with van der Waals surface area (Å²) in [5.74, 6) is 0. The number of anilines is 2. The lowest BCUT2D eigenvalue weighted by Gasteiger charge is -2.11. The molecule has 0 saturated heterocycles. The van der Waals surface area contributed by atoms with E-state index in [1.807, 2.05) is 0 Å². The van der Waals surface area contributed by atoms with Crippen LogP contribution in [-0.2, 0) is 10.0 Å². The molecule has 0 aliphatic heterocycles. The van der Waals surface area contributed by atoms with E-state index >= 15 is 0 Å². The van der Waals surface area contributed by atoms with Crippen LogP contribution in [-0.4, -0.2) is 22.0 Å². The molecule has 0 aliphatic carbocycles. The van der Waals surface area contributed by atoms with E-state index in [0.29, 0.717) is 17.9 Å². The molecule has 0 bridgehead atoms. The molecule has 88 valence electrons. The summed E-state index contributed by atoms with van der Waals surface area (Å²) in [4.78, 5) is 0.136.